The molecule has 1 aromatic carbocycles. The molecular weight excluding hydrogens is 400 g/mol. The van der Waals surface area contributed by atoms with E-state index in [1.807, 2.05) is 24.3 Å². The number of benzene rings is 1. The van der Waals surface area contributed by atoms with Gasteiger partial charge in [-0.25, -0.2) is 8.42 Å². The molecule has 0 spiro atoms. The molecule has 1 amide bonds. The number of rotatable bonds is 6. The fraction of sp³-hybridized carbons (Fsp3) is 0.267. The third kappa shape index (κ3) is 4.63. The summed E-state index contributed by atoms with van der Waals surface area (Å²) in [6, 6.07) is 10.7. The Morgan fingerprint density at radius 2 is 1.87 bits per heavy atom. The Morgan fingerprint density at radius 3 is 2.39 bits per heavy atom. The van der Waals surface area contributed by atoms with Crippen LogP contribution in [-0.2, 0) is 21.2 Å². The monoisotopic (exact) mass is 416 g/mol. The number of nitrogens with one attached hydrogen (secondary N) is 1. The van der Waals surface area contributed by atoms with Gasteiger partial charge in [-0.15, -0.1) is 11.3 Å². The Bertz CT molecular complexity index is 785. The number of aryl methyl sites for hydroxylation is 1. The molecule has 0 aliphatic heterocycles. The number of halogens is 1. The molecule has 1 heterocycles. The van der Waals surface area contributed by atoms with Crippen molar-refractivity contribution in [2.45, 2.75) is 17.6 Å². The lowest BCUT2D eigenvalue weighted by atomic mass is 10.1. The largest absolute Gasteiger partial charge is 0.325 e. The summed E-state index contributed by atoms with van der Waals surface area (Å²) in [5.41, 5.74) is 1.82. The van der Waals surface area contributed by atoms with Gasteiger partial charge in [0.05, 0.1) is 10.3 Å². The van der Waals surface area contributed by atoms with E-state index in [1.165, 1.54) is 18.7 Å². The minimum atomic E-state index is -3.66. The summed E-state index contributed by atoms with van der Waals surface area (Å²) in [6.07, 6.45) is 0.922. The molecule has 0 fully saturated rings. The lowest BCUT2D eigenvalue weighted by Gasteiger charge is -2.15. The third-order valence-corrected chi connectivity index (χ3v) is 7.12. The molecule has 0 saturated heterocycles. The zero-order valence-corrected chi connectivity index (χ0v) is 16.0. The van der Waals surface area contributed by atoms with Crippen molar-refractivity contribution in [3.8, 4) is 0 Å². The average molecular weight is 417 g/mol. The minimum absolute atomic E-state index is 0.201. The first-order valence-corrected chi connectivity index (χ1v) is 9.98. The van der Waals surface area contributed by atoms with Crippen LogP contribution in [0, 0.1) is 0 Å². The molecule has 0 aliphatic carbocycles. The number of carbonyl (C=O) groups excluding carboxylic acids is 1. The van der Waals surface area contributed by atoms with E-state index in [9.17, 15) is 13.2 Å². The Balaban J connectivity index is 2.01. The van der Waals surface area contributed by atoms with Gasteiger partial charge in [0.15, 0.2) is 0 Å². The molecule has 5 nitrogen and oxygen atoms in total. The minimum Gasteiger partial charge on any atom is -0.325 e. The highest BCUT2D eigenvalue weighted by Crippen LogP contribution is 2.27. The van der Waals surface area contributed by atoms with E-state index >= 15 is 0 Å². The summed E-state index contributed by atoms with van der Waals surface area (Å²) >= 11 is 4.35. The van der Waals surface area contributed by atoms with E-state index in [0.717, 1.165) is 25.8 Å². The van der Waals surface area contributed by atoms with E-state index in [4.69, 9.17) is 0 Å². The van der Waals surface area contributed by atoms with Crippen LogP contribution in [0.25, 0.3) is 0 Å². The van der Waals surface area contributed by atoms with Crippen molar-refractivity contribution in [3.63, 3.8) is 0 Å². The number of nitrogens with zero attached hydrogens (tertiary/aromatic N) is 1. The Hall–Kier alpha value is -1.22. The van der Waals surface area contributed by atoms with Crippen LogP contribution in [0.1, 0.15) is 12.5 Å². The highest BCUT2D eigenvalue weighted by atomic mass is 79.9. The van der Waals surface area contributed by atoms with Gasteiger partial charge in [-0.1, -0.05) is 19.1 Å². The lowest BCUT2D eigenvalue weighted by Crippen LogP contribution is -2.34. The number of likely N-dealkylation sites (N-methyl/N-ethyl adjacent to an activating group) is 1. The van der Waals surface area contributed by atoms with Crippen LogP contribution in [0.3, 0.4) is 0 Å². The molecule has 2 aromatic rings. The quantitative estimate of drug-likeness (QED) is 0.784. The Labute approximate surface area is 148 Å². The van der Waals surface area contributed by atoms with Gasteiger partial charge < -0.3 is 5.32 Å². The second-order valence-corrected chi connectivity index (χ2v) is 9.65. The number of hydrogen-bond acceptors (Lipinski definition) is 4. The topological polar surface area (TPSA) is 66.5 Å². The Morgan fingerprint density at radius 1 is 1.22 bits per heavy atom. The summed E-state index contributed by atoms with van der Waals surface area (Å²) in [5, 5.41) is 2.70. The first-order valence-electron chi connectivity index (χ1n) is 6.93. The molecule has 0 unspecified atom stereocenters. The molecule has 1 aromatic heterocycles. The van der Waals surface area contributed by atoms with Crippen LogP contribution in [0.2, 0.25) is 0 Å². The molecular formula is C15H17BrN2O3S2. The van der Waals surface area contributed by atoms with E-state index in [1.54, 1.807) is 6.07 Å². The van der Waals surface area contributed by atoms with E-state index in [0.29, 0.717) is 5.69 Å². The fourth-order valence-electron chi connectivity index (χ4n) is 1.90. The van der Waals surface area contributed by atoms with Gasteiger partial charge in [0.1, 0.15) is 4.21 Å². The maximum atomic E-state index is 12.4. The fourth-order valence-corrected chi connectivity index (χ4v) is 5.25. The van der Waals surface area contributed by atoms with Crippen LogP contribution in [0.5, 0.6) is 0 Å². The average Bonchev–Trinajstić information content (AvgIpc) is 2.95. The first-order chi connectivity index (χ1) is 10.8. The van der Waals surface area contributed by atoms with Gasteiger partial charge in [0, 0.05) is 12.7 Å². The summed E-state index contributed by atoms with van der Waals surface area (Å²) in [4.78, 5) is 12.0. The highest BCUT2D eigenvalue weighted by Gasteiger charge is 2.24. The van der Waals surface area contributed by atoms with E-state index in [2.05, 4.69) is 28.2 Å². The van der Waals surface area contributed by atoms with Crippen LogP contribution in [-0.4, -0.2) is 32.2 Å². The number of hydrogen-bond donors (Lipinski definition) is 1. The van der Waals surface area contributed by atoms with Gasteiger partial charge in [0.2, 0.25) is 5.91 Å². The lowest BCUT2D eigenvalue weighted by molar-refractivity contribution is -0.116. The first kappa shape index (κ1) is 18.1. The van der Waals surface area contributed by atoms with Crippen molar-refractivity contribution < 1.29 is 13.2 Å². The molecule has 8 heteroatoms. The van der Waals surface area contributed by atoms with Crippen LogP contribution in [0.15, 0.2) is 44.4 Å². The molecule has 0 bridgehead atoms. The van der Waals surface area contributed by atoms with Crippen molar-refractivity contribution in [1.82, 2.24) is 4.31 Å². The smallest absolute Gasteiger partial charge is 0.252 e. The van der Waals surface area contributed by atoms with Crippen LogP contribution < -0.4 is 5.32 Å². The normalized spacial score (nSPS) is 11.7. The van der Waals surface area contributed by atoms with Gasteiger partial charge in [-0.3, -0.25) is 4.79 Å². The van der Waals surface area contributed by atoms with Gasteiger partial charge in [0.25, 0.3) is 10.0 Å². The van der Waals surface area contributed by atoms with Crippen molar-refractivity contribution in [1.29, 1.82) is 0 Å². The van der Waals surface area contributed by atoms with Crippen molar-refractivity contribution in [2.24, 2.45) is 0 Å². The van der Waals surface area contributed by atoms with Gasteiger partial charge >= 0.3 is 0 Å². The maximum absolute atomic E-state index is 12.4. The van der Waals surface area contributed by atoms with Crippen LogP contribution in [0.4, 0.5) is 5.69 Å². The molecule has 0 atom stereocenters. The third-order valence-electron chi connectivity index (χ3n) is 3.23. The second-order valence-electron chi connectivity index (χ2n) is 4.92. The summed E-state index contributed by atoms with van der Waals surface area (Å²) in [5.74, 6) is -0.379. The molecule has 2 rings (SSSR count). The maximum Gasteiger partial charge on any atom is 0.252 e. The zero-order valence-electron chi connectivity index (χ0n) is 12.7. The SMILES string of the molecule is CCc1ccc(NC(=O)CN(C)S(=O)(=O)c2ccc(Br)s2)cc1. The van der Waals surface area contributed by atoms with Gasteiger partial charge in [-0.05, 0) is 52.2 Å². The summed E-state index contributed by atoms with van der Waals surface area (Å²) in [7, 11) is -2.26. The number of anilines is 1. The summed E-state index contributed by atoms with van der Waals surface area (Å²) < 4.78 is 26.7. The van der Waals surface area contributed by atoms with Gasteiger partial charge in [-0.2, -0.15) is 4.31 Å². The predicted octanol–water partition coefficient (Wildman–Crippen LogP) is 3.33. The van der Waals surface area contributed by atoms with Crippen LogP contribution >= 0.6 is 27.3 Å². The number of thiophene rings is 1. The van der Waals surface area contributed by atoms with E-state index in [-0.39, 0.29) is 16.7 Å². The zero-order chi connectivity index (χ0) is 17.0. The standard InChI is InChI=1S/C15H17BrN2O3S2/c1-3-11-4-6-12(7-5-11)17-14(19)10-18(2)23(20,21)15-9-8-13(16)22-15/h4-9H,3,10H2,1-2H3,(H,17,19). The van der Waals surface area contributed by atoms with Crippen molar-refractivity contribution in [2.75, 3.05) is 18.9 Å². The number of carbonyl (C=O) groups is 1. The van der Waals surface area contributed by atoms with E-state index < -0.39 is 10.0 Å². The molecule has 124 valence electrons. The number of amides is 1. The predicted molar refractivity (Wildman–Crippen MR) is 96.3 cm³/mol. The molecule has 1 N–H and O–H groups in total. The summed E-state index contributed by atoms with van der Waals surface area (Å²) in [6.45, 7) is 1.81. The molecule has 0 saturated carbocycles. The number of sulfonamides is 1. The molecule has 0 aliphatic rings. The highest BCUT2D eigenvalue weighted by molar-refractivity contribution is 9.11. The van der Waals surface area contributed by atoms with Crippen molar-refractivity contribution in [3.05, 3.63) is 45.7 Å². The Kier molecular flexibility index (Phi) is 5.96. The second kappa shape index (κ2) is 7.57. The van der Waals surface area contributed by atoms with Crippen molar-refractivity contribution >= 4 is 48.9 Å². The molecule has 0 radical (unpaired) electrons. The molecule has 23 heavy (non-hydrogen) atoms.